The third kappa shape index (κ3) is 4.53. The molecule has 1 saturated heterocycles. The van der Waals surface area contributed by atoms with E-state index in [0.717, 1.165) is 53.8 Å². The smallest absolute Gasteiger partial charge is 0.188 e. The van der Waals surface area contributed by atoms with E-state index in [1.54, 1.807) is 14.2 Å². The minimum atomic E-state index is 0.510. The number of nitrogens with zero attached hydrogens (tertiary/aromatic N) is 5. The maximum absolute atomic E-state index is 7.41. The quantitative estimate of drug-likeness (QED) is 0.418. The summed E-state index contributed by atoms with van der Waals surface area (Å²) in [5, 5.41) is 18.8. The SMILES string of the molecule is [C-]#[N+]c1ccc2c(N3CCC(=NOC)CC3)nnc(NCc3ccc(OC)c(Cl)c3)c2c1. The Bertz CT molecular complexity index is 1200. The number of oxime groups is 1. The van der Waals surface area contributed by atoms with Crippen LogP contribution in [0.5, 0.6) is 5.75 Å². The molecule has 2 heterocycles. The topological polar surface area (TPSA) is 76.2 Å². The van der Waals surface area contributed by atoms with Crippen molar-refractivity contribution in [2.24, 2.45) is 5.16 Å². The number of anilines is 2. The monoisotopic (exact) mass is 450 g/mol. The van der Waals surface area contributed by atoms with Gasteiger partial charge in [-0.15, -0.1) is 10.2 Å². The van der Waals surface area contributed by atoms with E-state index in [-0.39, 0.29) is 0 Å². The standard InChI is InChI=1S/C23H23ClN6O2/c1-25-17-5-6-18-19(13-17)22(26-14-15-4-7-21(31-2)20(24)12-15)27-28-23(18)30-10-8-16(9-11-30)29-32-3/h4-7,12-13H,8-11,14H2,2-3H3,(H,26,27). The van der Waals surface area contributed by atoms with Crippen molar-refractivity contribution in [2.45, 2.75) is 19.4 Å². The van der Waals surface area contributed by atoms with Crippen LogP contribution in [-0.4, -0.2) is 43.2 Å². The summed E-state index contributed by atoms with van der Waals surface area (Å²) in [6, 6.07) is 11.2. The van der Waals surface area contributed by atoms with Gasteiger partial charge in [0.25, 0.3) is 0 Å². The zero-order valence-electron chi connectivity index (χ0n) is 17.9. The maximum atomic E-state index is 7.41. The number of nitrogens with one attached hydrogen (secondary N) is 1. The van der Waals surface area contributed by atoms with Crippen LogP contribution < -0.4 is 15.0 Å². The lowest BCUT2D eigenvalue weighted by atomic mass is 10.1. The Kier molecular flexibility index (Phi) is 6.57. The lowest BCUT2D eigenvalue weighted by molar-refractivity contribution is 0.211. The second kappa shape index (κ2) is 9.71. The van der Waals surface area contributed by atoms with Crippen LogP contribution in [0, 0.1) is 6.57 Å². The third-order valence-corrected chi connectivity index (χ3v) is 5.71. The van der Waals surface area contributed by atoms with E-state index in [1.165, 1.54) is 0 Å². The van der Waals surface area contributed by atoms with E-state index in [9.17, 15) is 0 Å². The molecule has 32 heavy (non-hydrogen) atoms. The van der Waals surface area contributed by atoms with Crippen LogP contribution in [0.15, 0.2) is 41.6 Å². The number of benzene rings is 2. The van der Waals surface area contributed by atoms with Crippen LogP contribution in [0.3, 0.4) is 0 Å². The van der Waals surface area contributed by atoms with Crippen molar-refractivity contribution in [3.63, 3.8) is 0 Å². The van der Waals surface area contributed by atoms with Gasteiger partial charge in [-0.3, -0.25) is 0 Å². The molecule has 164 valence electrons. The second-order valence-electron chi connectivity index (χ2n) is 7.36. The summed E-state index contributed by atoms with van der Waals surface area (Å²) in [4.78, 5) is 10.7. The molecule has 1 aliphatic heterocycles. The summed E-state index contributed by atoms with van der Waals surface area (Å²) in [6.07, 6.45) is 1.63. The number of piperidine rings is 1. The first-order valence-corrected chi connectivity index (χ1v) is 10.6. The van der Waals surface area contributed by atoms with Gasteiger partial charge in [-0.2, -0.15) is 0 Å². The predicted octanol–water partition coefficient (Wildman–Crippen LogP) is 5.06. The van der Waals surface area contributed by atoms with E-state index in [0.29, 0.717) is 28.8 Å². The number of rotatable bonds is 6. The number of hydrogen-bond donors (Lipinski definition) is 1. The highest BCUT2D eigenvalue weighted by molar-refractivity contribution is 6.32. The lowest BCUT2D eigenvalue weighted by Gasteiger charge is -2.29. The molecule has 0 aliphatic carbocycles. The van der Waals surface area contributed by atoms with Gasteiger partial charge in [0.05, 0.1) is 24.4 Å². The molecule has 9 heteroatoms. The number of ether oxygens (including phenoxy) is 1. The summed E-state index contributed by atoms with van der Waals surface area (Å²) in [5.74, 6) is 2.07. The van der Waals surface area contributed by atoms with Crippen molar-refractivity contribution in [3.8, 4) is 5.75 Å². The summed E-state index contributed by atoms with van der Waals surface area (Å²) in [5.41, 5.74) is 2.59. The van der Waals surface area contributed by atoms with Crippen LogP contribution in [0.4, 0.5) is 17.3 Å². The highest BCUT2D eigenvalue weighted by atomic mass is 35.5. The van der Waals surface area contributed by atoms with Gasteiger partial charge in [0.2, 0.25) is 0 Å². The molecule has 0 saturated carbocycles. The van der Waals surface area contributed by atoms with Crippen molar-refractivity contribution < 1.29 is 9.57 Å². The van der Waals surface area contributed by atoms with Crippen LogP contribution in [0.1, 0.15) is 18.4 Å². The average molecular weight is 451 g/mol. The fourth-order valence-electron chi connectivity index (χ4n) is 3.76. The average Bonchev–Trinajstić information content (AvgIpc) is 2.83. The molecule has 0 amide bonds. The Labute approximate surface area is 191 Å². The minimum absolute atomic E-state index is 0.510. The minimum Gasteiger partial charge on any atom is -0.495 e. The zero-order valence-corrected chi connectivity index (χ0v) is 18.7. The number of aromatic nitrogens is 2. The van der Waals surface area contributed by atoms with Crippen molar-refractivity contribution >= 4 is 45.4 Å². The van der Waals surface area contributed by atoms with E-state index in [2.05, 4.69) is 30.4 Å². The Hall–Kier alpha value is -3.57. The Balaban J connectivity index is 1.62. The number of hydrogen-bond acceptors (Lipinski definition) is 7. The molecule has 0 radical (unpaired) electrons. The highest BCUT2D eigenvalue weighted by Gasteiger charge is 2.21. The van der Waals surface area contributed by atoms with Crippen molar-refractivity contribution in [1.29, 1.82) is 0 Å². The van der Waals surface area contributed by atoms with Gasteiger partial charge in [0.15, 0.2) is 17.3 Å². The van der Waals surface area contributed by atoms with E-state index in [1.807, 2.05) is 36.4 Å². The van der Waals surface area contributed by atoms with Gasteiger partial charge in [-0.25, -0.2) is 4.85 Å². The van der Waals surface area contributed by atoms with Crippen LogP contribution >= 0.6 is 11.6 Å². The molecule has 1 N–H and O–H groups in total. The lowest BCUT2D eigenvalue weighted by Crippen LogP contribution is -2.34. The molecule has 8 nitrogen and oxygen atoms in total. The Morgan fingerprint density at radius 2 is 1.94 bits per heavy atom. The van der Waals surface area contributed by atoms with E-state index in [4.69, 9.17) is 27.7 Å². The van der Waals surface area contributed by atoms with Gasteiger partial charge < -0.3 is 19.8 Å². The van der Waals surface area contributed by atoms with Crippen LogP contribution in [0.25, 0.3) is 15.6 Å². The zero-order chi connectivity index (χ0) is 22.5. The molecule has 0 bridgehead atoms. The normalized spacial score (nSPS) is 13.6. The number of fused-ring (bicyclic) bond motifs is 1. The number of methoxy groups -OCH3 is 1. The molecule has 1 aromatic heterocycles. The van der Waals surface area contributed by atoms with E-state index < -0.39 is 0 Å². The van der Waals surface area contributed by atoms with Gasteiger partial charge in [-0.1, -0.05) is 35.0 Å². The van der Waals surface area contributed by atoms with Crippen LogP contribution in [-0.2, 0) is 11.4 Å². The van der Waals surface area contributed by atoms with Gasteiger partial charge in [0.1, 0.15) is 12.9 Å². The summed E-state index contributed by atoms with van der Waals surface area (Å²) in [7, 11) is 3.16. The predicted molar refractivity (Wildman–Crippen MR) is 127 cm³/mol. The Morgan fingerprint density at radius 3 is 2.62 bits per heavy atom. The van der Waals surface area contributed by atoms with Crippen LogP contribution in [0.2, 0.25) is 5.02 Å². The van der Waals surface area contributed by atoms with E-state index >= 15 is 0 Å². The summed E-state index contributed by atoms with van der Waals surface area (Å²) in [6.45, 7) is 9.49. The first kappa shape index (κ1) is 21.7. The number of halogens is 1. The molecular formula is C23H23ClN6O2. The van der Waals surface area contributed by atoms with Gasteiger partial charge >= 0.3 is 0 Å². The second-order valence-corrected chi connectivity index (χ2v) is 7.77. The molecule has 0 atom stereocenters. The molecule has 2 aromatic carbocycles. The van der Waals surface area contributed by atoms with Gasteiger partial charge in [0, 0.05) is 43.2 Å². The fraction of sp³-hybridized carbons (Fsp3) is 0.304. The van der Waals surface area contributed by atoms with Crippen molar-refractivity contribution in [3.05, 3.63) is 58.4 Å². The third-order valence-electron chi connectivity index (χ3n) is 5.41. The molecule has 0 unspecified atom stereocenters. The first-order chi connectivity index (χ1) is 15.6. The summed E-state index contributed by atoms with van der Waals surface area (Å²) < 4.78 is 5.22. The largest absolute Gasteiger partial charge is 0.495 e. The summed E-state index contributed by atoms with van der Waals surface area (Å²) >= 11 is 6.25. The van der Waals surface area contributed by atoms with Crippen molar-refractivity contribution in [2.75, 3.05) is 37.5 Å². The molecule has 1 fully saturated rings. The molecule has 3 aromatic rings. The fourth-order valence-corrected chi connectivity index (χ4v) is 4.04. The Morgan fingerprint density at radius 1 is 1.12 bits per heavy atom. The molecule has 0 spiro atoms. The van der Waals surface area contributed by atoms with Crippen molar-refractivity contribution in [1.82, 2.24) is 10.2 Å². The first-order valence-electron chi connectivity index (χ1n) is 10.2. The van der Waals surface area contributed by atoms with Gasteiger partial charge in [-0.05, 0) is 23.8 Å². The molecule has 1 aliphatic rings. The molecule has 4 rings (SSSR count). The maximum Gasteiger partial charge on any atom is 0.188 e. The highest BCUT2D eigenvalue weighted by Crippen LogP contribution is 2.33. The molecular weight excluding hydrogens is 428 g/mol.